The predicted molar refractivity (Wildman–Crippen MR) is 137 cm³/mol. The van der Waals surface area contributed by atoms with Crippen molar-refractivity contribution in [2.75, 3.05) is 28.4 Å². The average molecular weight is 503 g/mol. The first kappa shape index (κ1) is 27.5. The SMILES string of the molecule is COc1ccc(C=NNC(=O)C(C)SC(C)C(=O)NN=Cc2ccc(OC)c(OC)c2)cc1OC. The molecule has 2 aromatic carbocycles. The van der Waals surface area contributed by atoms with Gasteiger partial charge in [0, 0.05) is 0 Å². The standard InChI is InChI=1S/C24H30N4O6S/c1-15(23(29)27-25-13-17-7-9-19(31-3)21(11-17)33-5)35-16(2)24(30)28-26-14-18-8-10-20(32-4)22(12-18)34-6/h7-16H,1-6H3,(H,27,29)(H,28,30). The van der Waals surface area contributed by atoms with E-state index in [0.717, 1.165) is 11.1 Å². The highest BCUT2D eigenvalue weighted by atomic mass is 32.2. The number of hydrazone groups is 2. The summed E-state index contributed by atoms with van der Waals surface area (Å²) in [6, 6.07) is 10.5. The molecule has 11 heteroatoms. The highest BCUT2D eigenvalue weighted by Crippen LogP contribution is 2.27. The Hall–Kier alpha value is -3.73. The third-order valence-electron chi connectivity index (χ3n) is 4.74. The van der Waals surface area contributed by atoms with Crippen LogP contribution in [0.5, 0.6) is 23.0 Å². The monoisotopic (exact) mass is 502 g/mol. The lowest BCUT2D eigenvalue weighted by molar-refractivity contribution is -0.120. The van der Waals surface area contributed by atoms with Crippen molar-refractivity contribution in [2.45, 2.75) is 24.3 Å². The minimum atomic E-state index is -0.520. The van der Waals surface area contributed by atoms with E-state index in [1.165, 1.54) is 38.4 Å². The molecule has 2 aromatic rings. The molecule has 2 amide bonds. The Labute approximate surface area is 209 Å². The van der Waals surface area contributed by atoms with Crippen LogP contribution in [0.1, 0.15) is 25.0 Å². The van der Waals surface area contributed by atoms with E-state index in [-0.39, 0.29) is 11.8 Å². The van der Waals surface area contributed by atoms with Gasteiger partial charge in [-0.05, 0) is 61.4 Å². The molecule has 0 bridgehead atoms. The zero-order valence-corrected chi connectivity index (χ0v) is 21.3. The number of ether oxygens (including phenoxy) is 4. The number of nitrogens with one attached hydrogen (secondary N) is 2. The van der Waals surface area contributed by atoms with Crippen molar-refractivity contribution in [3.8, 4) is 23.0 Å². The van der Waals surface area contributed by atoms with Crippen LogP contribution in [0.25, 0.3) is 0 Å². The van der Waals surface area contributed by atoms with Crippen molar-refractivity contribution < 1.29 is 28.5 Å². The summed E-state index contributed by atoms with van der Waals surface area (Å²) in [6.45, 7) is 3.39. The second kappa shape index (κ2) is 13.9. The van der Waals surface area contributed by atoms with Crippen LogP contribution < -0.4 is 29.8 Å². The first-order valence-corrected chi connectivity index (χ1v) is 11.5. The minimum absolute atomic E-state index is 0.333. The molecular weight excluding hydrogens is 472 g/mol. The Morgan fingerprint density at radius 3 is 1.43 bits per heavy atom. The number of benzene rings is 2. The number of amides is 2. The molecule has 2 unspecified atom stereocenters. The number of thioether (sulfide) groups is 1. The van der Waals surface area contributed by atoms with Crippen molar-refractivity contribution >= 4 is 36.0 Å². The Kier molecular flexibility index (Phi) is 10.9. The Morgan fingerprint density at radius 2 is 1.09 bits per heavy atom. The number of rotatable bonds is 12. The quantitative estimate of drug-likeness (QED) is 0.338. The van der Waals surface area contributed by atoms with E-state index in [0.29, 0.717) is 23.0 Å². The fourth-order valence-electron chi connectivity index (χ4n) is 2.82. The van der Waals surface area contributed by atoms with Crippen LogP contribution in [0.4, 0.5) is 0 Å². The van der Waals surface area contributed by atoms with Gasteiger partial charge >= 0.3 is 0 Å². The van der Waals surface area contributed by atoms with Gasteiger partial charge in [0.15, 0.2) is 23.0 Å². The van der Waals surface area contributed by atoms with Gasteiger partial charge in [0.2, 0.25) is 0 Å². The van der Waals surface area contributed by atoms with E-state index in [9.17, 15) is 9.59 Å². The van der Waals surface area contributed by atoms with Gasteiger partial charge in [-0.1, -0.05) is 0 Å². The molecule has 2 rings (SSSR count). The van der Waals surface area contributed by atoms with Crippen LogP contribution in [-0.4, -0.2) is 63.2 Å². The van der Waals surface area contributed by atoms with E-state index in [2.05, 4.69) is 21.1 Å². The lowest BCUT2D eigenvalue weighted by Gasteiger charge is -2.14. The number of nitrogens with zero attached hydrogens (tertiary/aromatic N) is 2. The third-order valence-corrected chi connectivity index (χ3v) is 5.98. The number of carbonyl (C=O) groups is 2. The Bertz CT molecular complexity index is 992. The third kappa shape index (κ3) is 8.21. The molecule has 35 heavy (non-hydrogen) atoms. The molecule has 0 aliphatic carbocycles. The molecule has 2 atom stereocenters. The molecule has 0 fully saturated rings. The summed E-state index contributed by atoms with van der Waals surface area (Å²) in [4.78, 5) is 24.7. The van der Waals surface area contributed by atoms with Crippen LogP contribution in [0.15, 0.2) is 46.6 Å². The molecule has 0 saturated carbocycles. The van der Waals surface area contributed by atoms with E-state index in [1.807, 2.05) is 0 Å². The van der Waals surface area contributed by atoms with E-state index in [4.69, 9.17) is 18.9 Å². The highest BCUT2D eigenvalue weighted by Gasteiger charge is 2.21. The number of carbonyl (C=O) groups excluding carboxylic acids is 2. The summed E-state index contributed by atoms with van der Waals surface area (Å²) in [5, 5.41) is 6.92. The van der Waals surface area contributed by atoms with Crippen molar-refractivity contribution in [3.63, 3.8) is 0 Å². The zero-order valence-electron chi connectivity index (χ0n) is 20.5. The van der Waals surface area contributed by atoms with Gasteiger partial charge in [-0.2, -0.15) is 10.2 Å². The molecule has 10 nitrogen and oxygen atoms in total. The molecule has 0 aromatic heterocycles. The van der Waals surface area contributed by atoms with Crippen molar-refractivity contribution in [2.24, 2.45) is 10.2 Å². The number of hydrogen-bond acceptors (Lipinski definition) is 9. The van der Waals surface area contributed by atoms with Crippen LogP contribution in [0.3, 0.4) is 0 Å². The van der Waals surface area contributed by atoms with Crippen molar-refractivity contribution in [1.29, 1.82) is 0 Å². The van der Waals surface area contributed by atoms with Gasteiger partial charge in [0.05, 0.1) is 51.4 Å². The van der Waals surface area contributed by atoms with Crippen LogP contribution >= 0.6 is 11.8 Å². The van der Waals surface area contributed by atoms with Gasteiger partial charge in [0.1, 0.15) is 0 Å². The molecule has 0 aliphatic rings. The maximum atomic E-state index is 12.4. The predicted octanol–water partition coefficient (Wildman–Crippen LogP) is 2.83. The van der Waals surface area contributed by atoms with E-state index < -0.39 is 10.5 Å². The lowest BCUT2D eigenvalue weighted by Crippen LogP contribution is -2.33. The van der Waals surface area contributed by atoms with Gasteiger partial charge in [-0.25, -0.2) is 10.9 Å². The first-order chi connectivity index (χ1) is 16.8. The molecule has 0 radical (unpaired) electrons. The first-order valence-electron chi connectivity index (χ1n) is 10.6. The van der Waals surface area contributed by atoms with Gasteiger partial charge in [-0.3, -0.25) is 9.59 Å². The van der Waals surface area contributed by atoms with Crippen molar-refractivity contribution in [1.82, 2.24) is 10.9 Å². The Morgan fingerprint density at radius 1 is 0.714 bits per heavy atom. The molecule has 0 saturated heterocycles. The summed E-state index contributed by atoms with van der Waals surface area (Å²) in [6.07, 6.45) is 2.99. The lowest BCUT2D eigenvalue weighted by atomic mass is 10.2. The summed E-state index contributed by atoms with van der Waals surface area (Å²) < 4.78 is 20.9. The maximum Gasteiger partial charge on any atom is 0.252 e. The number of methoxy groups -OCH3 is 4. The second-order valence-electron chi connectivity index (χ2n) is 7.12. The van der Waals surface area contributed by atoms with E-state index in [1.54, 1.807) is 64.5 Å². The summed E-state index contributed by atoms with van der Waals surface area (Å²) in [7, 11) is 6.18. The van der Waals surface area contributed by atoms with Crippen LogP contribution in [0, 0.1) is 0 Å². The second-order valence-corrected chi connectivity index (χ2v) is 8.80. The smallest absolute Gasteiger partial charge is 0.252 e. The van der Waals surface area contributed by atoms with Gasteiger partial charge < -0.3 is 18.9 Å². The topological polar surface area (TPSA) is 120 Å². The molecular formula is C24H30N4O6S. The average Bonchev–Trinajstić information content (AvgIpc) is 2.87. The van der Waals surface area contributed by atoms with Crippen LogP contribution in [-0.2, 0) is 9.59 Å². The fraction of sp³-hybridized carbons (Fsp3) is 0.333. The largest absolute Gasteiger partial charge is 0.493 e. The molecule has 188 valence electrons. The summed E-state index contributed by atoms with van der Waals surface area (Å²) in [5.74, 6) is 1.64. The zero-order chi connectivity index (χ0) is 25.8. The molecule has 0 heterocycles. The maximum absolute atomic E-state index is 12.4. The van der Waals surface area contributed by atoms with Crippen LogP contribution in [0.2, 0.25) is 0 Å². The summed E-state index contributed by atoms with van der Waals surface area (Å²) in [5.41, 5.74) is 6.41. The normalized spacial score (nSPS) is 12.7. The highest BCUT2D eigenvalue weighted by molar-refractivity contribution is 8.01. The number of hydrogen-bond donors (Lipinski definition) is 2. The Balaban J connectivity index is 1.84. The summed E-state index contributed by atoms with van der Waals surface area (Å²) >= 11 is 1.19. The fourth-order valence-corrected chi connectivity index (χ4v) is 3.78. The molecule has 0 aliphatic heterocycles. The van der Waals surface area contributed by atoms with Crippen molar-refractivity contribution in [3.05, 3.63) is 47.5 Å². The molecule has 0 spiro atoms. The van der Waals surface area contributed by atoms with Gasteiger partial charge in [-0.15, -0.1) is 11.8 Å². The van der Waals surface area contributed by atoms with Gasteiger partial charge in [0.25, 0.3) is 11.8 Å². The van der Waals surface area contributed by atoms with E-state index >= 15 is 0 Å². The molecule has 2 N–H and O–H groups in total. The minimum Gasteiger partial charge on any atom is -0.493 e.